The Kier molecular flexibility index (Phi) is 6.76. The molecule has 0 radical (unpaired) electrons. The van der Waals surface area contributed by atoms with E-state index in [-0.39, 0.29) is 29.2 Å². The summed E-state index contributed by atoms with van der Waals surface area (Å²) < 4.78 is 42.0. The second-order valence-electron chi connectivity index (χ2n) is 7.38. The number of halogens is 2. The topological polar surface area (TPSA) is 57.7 Å². The summed E-state index contributed by atoms with van der Waals surface area (Å²) in [4.78, 5) is 14.3. The van der Waals surface area contributed by atoms with Gasteiger partial charge in [0.1, 0.15) is 5.82 Å². The SMILES string of the molecule is CC1CCCCN1S(=O)(=O)c1ccc(C(=O)N(C)Cc2cc(Br)ccc2F)cc1. The van der Waals surface area contributed by atoms with Crippen molar-refractivity contribution in [1.29, 1.82) is 0 Å². The Balaban J connectivity index is 1.75. The molecule has 8 heteroatoms. The molecular weight excluding hydrogens is 459 g/mol. The van der Waals surface area contributed by atoms with Crippen LogP contribution in [0.25, 0.3) is 0 Å². The average molecular weight is 483 g/mol. The lowest BCUT2D eigenvalue weighted by Gasteiger charge is -2.32. The molecule has 0 bridgehead atoms. The molecule has 1 unspecified atom stereocenters. The Hall–Kier alpha value is -1.77. The van der Waals surface area contributed by atoms with Gasteiger partial charge < -0.3 is 4.90 Å². The molecule has 1 heterocycles. The third-order valence-corrected chi connectivity index (χ3v) is 7.73. The fraction of sp³-hybridized carbons (Fsp3) is 0.381. The molecule has 0 saturated carbocycles. The minimum atomic E-state index is -3.58. The van der Waals surface area contributed by atoms with Crippen LogP contribution in [0.5, 0.6) is 0 Å². The second-order valence-corrected chi connectivity index (χ2v) is 10.2. The molecule has 1 saturated heterocycles. The Morgan fingerprint density at radius 2 is 1.90 bits per heavy atom. The van der Waals surface area contributed by atoms with E-state index in [1.807, 2.05) is 6.92 Å². The number of rotatable bonds is 5. The van der Waals surface area contributed by atoms with Crippen molar-refractivity contribution in [2.24, 2.45) is 0 Å². The van der Waals surface area contributed by atoms with Gasteiger partial charge in [-0.15, -0.1) is 0 Å². The number of benzene rings is 2. The number of piperidine rings is 1. The highest BCUT2D eigenvalue weighted by Crippen LogP contribution is 2.25. The predicted octanol–water partition coefficient (Wildman–Crippen LogP) is 4.42. The number of nitrogens with zero attached hydrogens (tertiary/aromatic N) is 2. The van der Waals surface area contributed by atoms with Crippen LogP contribution >= 0.6 is 15.9 Å². The highest BCUT2D eigenvalue weighted by atomic mass is 79.9. The van der Waals surface area contributed by atoms with Crippen LogP contribution < -0.4 is 0 Å². The van der Waals surface area contributed by atoms with Crippen LogP contribution in [0.3, 0.4) is 0 Å². The van der Waals surface area contributed by atoms with Crippen molar-refractivity contribution >= 4 is 31.9 Å². The van der Waals surface area contributed by atoms with E-state index in [2.05, 4.69) is 15.9 Å². The Morgan fingerprint density at radius 3 is 2.55 bits per heavy atom. The molecule has 29 heavy (non-hydrogen) atoms. The standard InChI is InChI=1S/C21H24BrFN2O3S/c1-15-5-3-4-12-25(15)29(27,28)19-9-6-16(7-10-19)21(26)24(2)14-17-13-18(22)8-11-20(17)23/h6-11,13,15H,3-5,12,14H2,1-2H3. The molecule has 5 nitrogen and oxygen atoms in total. The molecule has 1 aliphatic rings. The first-order valence-corrected chi connectivity index (χ1v) is 11.7. The molecule has 1 aliphatic heterocycles. The third-order valence-electron chi connectivity index (χ3n) is 5.21. The molecule has 2 aromatic carbocycles. The summed E-state index contributed by atoms with van der Waals surface area (Å²) in [7, 11) is -1.99. The highest BCUT2D eigenvalue weighted by Gasteiger charge is 2.31. The smallest absolute Gasteiger partial charge is 0.253 e. The first-order chi connectivity index (χ1) is 13.7. The lowest BCUT2D eigenvalue weighted by molar-refractivity contribution is 0.0783. The highest BCUT2D eigenvalue weighted by molar-refractivity contribution is 9.10. The van der Waals surface area contributed by atoms with Gasteiger partial charge in [-0.1, -0.05) is 22.4 Å². The minimum absolute atomic E-state index is 0.0266. The van der Waals surface area contributed by atoms with Crippen molar-refractivity contribution in [3.8, 4) is 0 Å². The zero-order valence-corrected chi connectivity index (χ0v) is 18.8. The van der Waals surface area contributed by atoms with Crippen LogP contribution in [0.15, 0.2) is 51.8 Å². The molecule has 0 spiro atoms. The van der Waals surface area contributed by atoms with E-state index in [1.165, 1.54) is 39.5 Å². The first kappa shape index (κ1) is 21.9. The molecule has 1 atom stereocenters. The van der Waals surface area contributed by atoms with Crippen LogP contribution in [-0.2, 0) is 16.6 Å². The maximum absolute atomic E-state index is 14.0. The normalized spacial score (nSPS) is 17.9. The molecule has 1 fully saturated rings. The summed E-state index contributed by atoms with van der Waals surface area (Å²) in [5.74, 6) is -0.690. The summed E-state index contributed by atoms with van der Waals surface area (Å²) in [6, 6.07) is 10.5. The summed E-state index contributed by atoms with van der Waals surface area (Å²) in [5, 5.41) is 0. The van der Waals surface area contributed by atoms with Gasteiger partial charge in [-0.05, 0) is 62.2 Å². The monoisotopic (exact) mass is 482 g/mol. The third kappa shape index (κ3) is 4.87. The Labute approximate surface area is 179 Å². The summed E-state index contributed by atoms with van der Waals surface area (Å²) in [5.41, 5.74) is 0.752. The number of hydrogen-bond donors (Lipinski definition) is 0. The van der Waals surface area contributed by atoms with Crippen LogP contribution in [0.1, 0.15) is 42.1 Å². The maximum Gasteiger partial charge on any atom is 0.253 e. The number of carbonyl (C=O) groups is 1. The Bertz CT molecular complexity index is 995. The second kappa shape index (κ2) is 8.93. The zero-order valence-electron chi connectivity index (χ0n) is 16.4. The molecule has 0 aliphatic carbocycles. The number of amides is 1. The van der Waals surface area contributed by atoms with Gasteiger partial charge in [-0.25, -0.2) is 12.8 Å². The maximum atomic E-state index is 14.0. The van der Waals surface area contributed by atoms with Crippen LogP contribution in [-0.4, -0.2) is 43.2 Å². The molecular formula is C21H24BrFN2O3S. The quantitative estimate of drug-likeness (QED) is 0.633. The largest absolute Gasteiger partial charge is 0.337 e. The zero-order chi connectivity index (χ0) is 21.2. The van der Waals surface area contributed by atoms with Crippen molar-refractivity contribution in [1.82, 2.24) is 9.21 Å². The summed E-state index contributed by atoms with van der Waals surface area (Å²) in [6.45, 7) is 2.55. The molecule has 1 amide bonds. The van der Waals surface area contributed by atoms with E-state index < -0.39 is 10.0 Å². The van der Waals surface area contributed by atoms with Gasteiger partial charge in [-0.2, -0.15) is 4.31 Å². The number of hydrogen-bond acceptors (Lipinski definition) is 3. The van der Waals surface area contributed by atoms with E-state index >= 15 is 0 Å². The van der Waals surface area contributed by atoms with E-state index in [0.29, 0.717) is 17.7 Å². The fourth-order valence-corrected chi connectivity index (χ4v) is 5.65. The van der Waals surface area contributed by atoms with Crippen molar-refractivity contribution in [3.05, 3.63) is 63.9 Å². The van der Waals surface area contributed by atoms with Crippen LogP contribution in [0.2, 0.25) is 0 Å². The van der Waals surface area contributed by atoms with E-state index in [0.717, 1.165) is 23.7 Å². The van der Waals surface area contributed by atoms with Crippen LogP contribution in [0, 0.1) is 5.82 Å². The average Bonchev–Trinajstić information content (AvgIpc) is 2.70. The molecule has 2 aromatic rings. The van der Waals surface area contributed by atoms with Crippen molar-refractivity contribution < 1.29 is 17.6 Å². The fourth-order valence-electron chi connectivity index (χ4n) is 3.55. The van der Waals surface area contributed by atoms with E-state index in [9.17, 15) is 17.6 Å². The molecule has 3 rings (SSSR count). The molecule has 0 N–H and O–H groups in total. The molecule has 0 aromatic heterocycles. The van der Waals surface area contributed by atoms with Gasteiger partial charge in [-0.3, -0.25) is 4.79 Å². The van der Waals surface area contributed by atoms with E-state index in [1.54, 1.807) is 19.2 Å². The van der Waals surface area contributed by atoms with Gasteiger partial charge in [0.05, 0.1) is 4.90 Å². The summed E-state index contributed by atoms with van der Waals surface area (Å²) in [6.07, 6.45) is 2.75. The van der Waals surface area contributed by atoms with Crippen molar-refractivity contribution in [2.75, 3.05) is 13.6 Å². The minimum Gasteiger partial charge on any atom is -0.337 e. The van der Waals surface area contributed by atoms with Crippen molar-refractivity contribution in [2.45, 2.75) is 43.7 Å². The van der Waals surface area contributed by atoms with Crippen LogP contribution in [0.4, 0.5) is 4.39 Å². The van der Waals surface area contributed by atoms with Gasteiger partial charge in [0.25, 0.3) is 5.91 Å². The van der Waals surface area contributed by atoms with Gasteiger partial charge in [0.2, 0.25) is 10.0 Å². The summed E-state index contributed by atoms with van der Waals surface area (Å²) >= 11 is 3.30. The Morgan fingerprint density at radius 1 is 1.21 bits per heavy atom. The predicted molar refractivity (Wildman–Crippen MR) is 114 cm³/mol. The van der Waals surface area contributed by atoms with E-state index in [4.69, 9.17) is 0 Å². The number of carbonyl (C=O) groups excluding carboxylic acids is 1. The van der Waals surface area contributed by atoms with Gasteiger partial charge in [0, 0.05) is 41.8 Å². The molecule has 156 valence electrons. The lowest BCUT2D eigenvalue weighted by atomic mass is 10.1. The number of sulfonamides is 1. The lowest BCUT2D eigenvalue weighted by Crippen LogP contribution is -2.41. The van der Waals surface area contributed by atoms with Gasteiger partial charge in [0.15, 0.2) is 0 Å². The first-order valence-electron chi connectivity index (χ1n) is 9.51. The van der Waals surface area contributed by atoms with Gasteiger partial charge >= 0.3 is 0 Å². The van der Waals surface area contributed by atoms with Crippen molar-refractivity contribution in [3.63, 3.8) is 0 Å².